The molecule has 4 heteroatoms. The summed E-state index contributed by atoms with van der Waals surface area (Å²) in [6, 6.07) is 10.6. The van der Waals surface area contributed by atoms with Crippen molar-refractivity contribution in [3.63, 3.8) is 0 Å². The lowest BCUT2D eigenvalue weighted by Crippen LogP contribution is -2.13. The molecule has 0 aliphatic heterocycles. The monoisotopic (exact) mass is 402 g/mol. The number of hydrogen-bond acceptors (Lipinski definition) is 1. The Morgan fingerprint density at radius 2 is 1.76 bits per heavy atom. The zero-order valence-corrected chi connectivity index (χ0v) is 17.0. The van der Waals surface area contributed by atoms with Gasteiger partial charge in [-0.05, 0) is 86.1 Å². The van der Waals surface area contributed by atoms with E-state index in [1.54, 1.807) is 6.92 Å². The van der Waals surface area contributed by atoms with Gasteiger partial charge in [0.25, 0.3) is 6.43 Å². The Bertz CT molecular complexity index is 806. The van der Waals surface area contributed by atoms with E-state index in [4.69, 9.17) is 4.74 Å². The molecule has 0 unspecified atom stereocenters. The van der Waals surface area contributed by atoms with E-state index in [0.717, 1.165) is 25.2 Å². The maximum absolute atomic E-state index is 14.5. The van der Waals surface area contributed by atoms with E-state index in [1.807, 2.05) is 30.3 Å². The lowest BCUT2D eigenvalue weighted by atomic mass is 9.77. The van der Waals surface area contributed by atoms with Gasteiger partial charge in [-0.1, -0.05) is 30.3 Å². The molecule has 1 fully saturated rings. The Kier molecular flexibility index (Phi) is 7.40. The molecule has 0 atom stereocenters. The van der Waals surface area contributed by atoms with Crippen LogP contribution in [0.1, 0.15) is 68.9 Å². The first-order valence-electron chi connectivity index (χ1n) is 10.5. The largest absolute Gasteiger partial charge is 0.491 e. The third-order valence-electron chi connectivity index (χ3n) is 5.98. The van der Waals surface area contributed by atoms with Crippen molar-refractivity contribution in [3.05, 3.63) is 66.0 Å². The highest BCUT2D eigenvalue weighted by molar-refractivity contribution is 5.69. The average Bonchev–Trinajstić information content (AvgIpc) is 2.74. The molecule has 29 heavy (non-hydrogen) atoms. The number of hydrogen-bond donors (Lipinski definition) is 0. The van der Waals surface area contributed by atoms with Gasteiger partial charge in [-0.2, -0.15) is 0 Å². The summed E-state index contributed by atoms with van der Waals surface area (Å²) in [7, 11) is 0. The van der Waals surface area contributed by atoms with Gasteiger partial charge >= 0.3 is 0 Å². The molecule has 1 saturated carbocycles. The Labute approximate surface area is 171 Å². The third-order valence-corrected chi connectivity index (χ3v) is 5.98. The fourth-order valence-electron chi connectivity index (χ4n) is 4.38. The first kappa shape index (κ1) is 21.5. The molecule has 0 spiro atoms. The van der Waals surface area contributed by atoms with Crippen molar-refractivity contribution in [2.45, 2.75) is 57.8 Å². The summed E-state index contributed by atoms with van der Waals surface area (Å²) in [5.41, 5.74) is 1.47. The maximum Gasteiger partial charge on any atom is 0.267 e. The Hall–Kier alpha value is -2.23. The van der Waals surface area contributed by atoms with E-state index >= 15 is 0 Å². The first-order chi connectivity index (χ1) is 14.0. The van der Waals surface area contributed by atoms with Crippen molar-refractivity contribution >= 4 is 0 Å². The second kappa shape index (κ2) is 10.00. The van der Waals surface area contributed by atoms with E-state index < -0.39 is 17.8 Å². The predicted octanol–water partition coefficient (Wildman–Crippen LogP) is 8.07. The number of alkyl halides is 2. The van der Waals surface area contributed by atoms with E-state index in [2.05, 4.69) is 6.58 Å². The number of benzene rings is 2. The molecular formula is C25H29F3O. The summed E-state index contributed by atoms with van der Waals surface area (Å²) in [5.74, 6) is 0.192. The van der Waals surface area contributed by atoms with Gasteiger partial charge in [0.05, 0.1) is 12.2 Å². The average molecular weight is 403 g/mol. The fourth-order valence-corrected chi connectivity index (χ4v) is 4.38. The zero-order valence-electron chi connectivity index (χ0n) is 17.0. The van der Waals surface area contributed by atoms with Crippen LogP contribution in [0.15, 0.2) is 49.1 Å². The van der Waals surface area contributed by atoms with Gasteiger partial charge < -0.3 is 4.74 Å². The SMILES string of the molecule is C=CCCC1CCC(c2ccc(-c3ccc(OCC)c(F)c3C(F)F)cc2)CC1. The summed E-state index contributed by atoms with van der Waals surface area (Å²) >= 11 is 0. The van der Waals surface area contributed by atoms with E-state index in [-0.39, 0.29) is 17.9 Å². The van der Waals surface area contributed by atoms with E-state index in [1.165, 1.54) is 37.0 Å². The quantitative estimate of drug-likeness (QED) is 0.406. The summed E-state index contributed by atoms with van der Waals surface area (Å²) in [6.45, 7) is 5.72. The predicted molar refractivity (Wildman–Crippen MR) is 112 cm³/mol. The maximum atomic E-state index is 14.5. The van der Waals surface area contributed by atoms with Crippen molar-refractivity contribution in [2.24, 2.45) is 5.92 Å². The van der Waals surface area contributed by atoms with Gasteiger partial charge in [0, 0.05) is 0 Å². The highest BCUT2D eigenvalue weighted by Gasteiger charge is 2.24. The van der Waals surface area contributed by atoms with Crippen LogP contribution in [-0.2, 0) is 0 Å². The number of allylic oxidation sites excluding steroid dienone is 1. The van der Waals surface area contributed by atoms with Crippen LogP contribution in [-0.4, -0.2) is 6.61 Å². The molecule has 0 heterocycles. The molecular weight excluding hydrogens is 373 g/mol. The number of rotatable bonds is 8. The summed E-state index contributed by atoms with van der Waals surface area (Å²) in [5, 5.41) is 0. The molecule has 3 rings (SSSR count). The summed E-state index contributed by atoms with van der Waals surface area (Å²) in [6.07, 6.45) is 6.13. The van der Waals surface area contributed by atoms with Gasteiger partial charge in [0.1, 0.15) is 0 Å². The van der Waals surface area contributed by atoms with Crippen molar-refractivity contribution < 1.29 is 17.9 Å². The molecule has 0 aromatic heterocycles. The second-order valence-corrected chi connectivity index (χ2v) is 7.78. The van der Waals surface area contributed by atoms with Crippen LogP contribution in [0.4, 0.5) is 13.2 Å². The smallest absolute Gasteiger partial charge is 0.267 e. The molecule has 2 aromatic carbocycles. The molecule has 1 nitrogen and oxygen atoms in total. The number of ether oxygens (including phenoxy) is 1. The Morgan fingerprint density at radius 1 is 1.07 bits per heavy atom. The molecule has 156 valence electrons. The highest BCUT2D eigenvalue weighted by atomic mass is 19.3. The van der Waals surface area contributed by atoms with Crippen molar-refractivity contribution in [2.75, 3.05) is 6.61 Å². The van der Waals surface area contributed by atoms with Gasteiger partial charge in [-0.3, -0.25) is 0 Å². The van der Waals surface area contributed by atoms with E-state index in [0.29, 0.717) is 11.5 Å². The van der Waals surface area contributed by atoms with Crippen molar-refractivity contribution in [1.29, 1.82) is 0 Å². The van der Waals surface area contributed by atoms with Gasteiger partial charge in [0.2, 0.25) is 0 Å². The normalized spacial score (nSPS) is 19.3. The molecule has 1 aliphatic rings. The summed E-state index contributed by atoms with van der Waals surface area (Å²) in [4.78, 5) is 0. The summed E-state index contributed by atoms with van der Waals surface area (Å²) < 4.78 is 46.9. The van der Waals surface area contributed by atoms with Crippen molar-refractivity contribution in [1.82, 2.24) is 0 Å². The highest BCUT2D eigenvalue weighted by Crippen LogP contribution is 2.40. The zero-order chi connectivity index (χ0) is 20.8. The lowest BCUT2D eigenvalue weighted by Gasteiger charge is -2.28. The molecule has 2 aromatic rings. The van der Waals surface area contributed by atoms with Crippen LogP contribution in [0.2, 0.25) is 0 Å². The van der Waals surface area contributed by atoms with Crippen LogP contribution in [0.5, 0.6) is 5.75 Å². The van der Waals surface area contributed by atoms with Crippen LogP contribution in [0.3, 0.4) is 0 Å². The van der Waals surface area contributed by atoms with Crippen LogP contribution >= 0.6 is 0 Å². The fraction of sp³-hybridized carbons (Fsp3) is 0.440. The van der Waals surface area contributed by atoms with Crippen molar-refractivity contribution in [3.8, 4) is 16.9 Å². The Balaban J connectivity index is 1.77. The van der Waals surface area contributed by atoms with Crippen LogP contribution in [0.25, 0.3) is 11.1 Å². The minimum absolute atomic E-state index is 0.128. The number of halogens is 3. The molecule has 0 saturated heterocycles. The minimum atomic E-state index is -2.91. The van der Waals surface area contributed by atoms with E-state index in [9.17, 15) is 13.2 Å². The molecule has 0 amide bonds. The first-order valence-corrected chi connectivity index (χ1v) is 10.5. The molecule has 0 radical (unpaired) electrons. The minimum Gasteiger partial charge on any atom is -0.491 e. The van der Waals surface area contributed by atoms with Crippen LogP contribution in [0, 0.1) is 11.7 Å². The van der Waals surface area contributed by atoms with Gasteiger partial charge in [0.15, 0.2) is 11.6 Å². The van der Waals surface area contributed by atoms with Gasteiger partial charge in [-0.25, -0.2) is 13.2 Å². The lowest BCUT2D eigenvalue weighted by molar-refractivity contribution is 0.145. The topological polar surface area (TPSA) is 9.23 Å². The van der Waals surface area contributed by atoms with Gasteiger partial charge in [-0.15, -0.1) is 6.58 Å². The second-order valence-electron chi connectivity index (χ2n) is 7.78. The van der Waals surface area contributed by atoms with Crippen LogP contribution < -0.4 is 4.74 Å². The molecule has 1 aliphatic carbocycles. The molecule has 0 bridgehead atoms. The Morgan fingerprint density at radius 3 is 2.34 bits per heavy atom. The molecule has 0 N–H and O–H groups in total. The standard InChI is InChI=1S/C25H29F3O/c1-3-5-6-17-7-9-18(10-8-17)19-11-13-20(14-12-19)21-15-16-22(29-4-2)24(26)23(21)25(27)28/h3,11-18,25H,1,4-10H2,2H3. The third kappa shape index (κ3) is 5.04.